The molecule has 0 saturated heterocycles. The molecule has 0 aromatic heterocycles. The minimum absolute atomic E-state index is 0.128. The van der Waals surface area contributed by atoms with Gasteiger partial charge in [-0.05, 0) is 34.5 Å². The summed E-state index contributed by atoms with van der Waals surface area (Å²) in [6.45, 7) is 2.00. The third-order valence-electron chi connectivity index (χ3n) is 2.00. The van der Waals surface area contributed by atoms with E-state index in [4.69, 9.17) is 0 Å². The maximum atomic E-state index is 13.3. The second kappa shape index (κ2) is 5.25. The zero-order chi connectivity index (χ0) is 10.6. The minimum atomic E-state index is -0.444. The van der Waals surface area contributed by atoms with E-state index in [1.165, 1.54) is 6.07 Å². The van der Waals surface area contributed by atoms with Crippen LogP contribution in [0, 0.1) is 5.82 Å². The Balaban J connectivity index is 2.89. The first kappa shape index (κ1) is 11.4. The monoisotopic (exact) mass is 258 g/mol. The molecule has 1 rings (SSSR count). The van der Waals surface area contributed by atoms with Crippen LogP contribution < -0.4 is 0 Å². The SMILES string of the molecule is CCCCC(=O)c1c(F)cccc1Br. The number of ketones is 1. The molecule has 0 fully saturated rings. The average Bonchev–Trinajstić information content (AvgIpc) is 2.14. The molecular formula is C11H12BrFO. The van der Waals surface area contributed by atoms with Gasteiger partial charge in [-0.2, -0.15) is 0 Å². The quantitative estimate of drug-likeness (QED) is 0.748. The van der Waals surface area contributed by atoms with Crippen LogP contribution in [-0.2, 0) is 0 Å². The topological polar surface area (TPSA) is 17.1 Å². The Morgan fingerprint density at radius 2 is 2.21 bits per heavy atom. The molecule has 0 spiro atoms. The molecule has 0 aliphatic rings. The van der Waals surface area contributed by atoms with Crippen molar-refractivity contribution in [3.05, 3.63) is 34.1 Å². The second-order valence-electron chi connectivity index (χ2n) is 3.12. The van der Waals surface area contributed by atoms with Crippen LogP contribution in [0.2, 0.25) is 0 Å². The Labute approximate surface area is 91.5 Å². The highest BCUT2D eigenvalue weighted by atomic mass is 79.9. The zero-order valence-corrected chi connectivity index (χ0v) is 9.60. The van der Waals surface area contributed by atoms with Gasteiger partial charge in [0.05, 0.1) is 5.56 Å². The molecule has 0 amide bonds. The van der Waals surface area contributed by atoms with E-state index in [9.17, 15) is 9.18 Å². The summed E-state index contributed by atoms with van der Waals surface area (Å²) >= 11 is 3.18. The first-order chi connectivity index (χ1) is 6.66. The first-order valence-electron chi connectivity index (χ1n) is 4.64. The summed E-state index contributed by atoms with van der Waals surface area (Å²) in [5.41, 5.74) is 0.181. The standard InChI is InChI=1S/C11H12BrFO/c1-2-3-7-10(14)11-8(12)5-4-6-9(11)13/h4-6H,2-3,7H2,1H3. The Morgan fingerprint density at radius 3 is 2.79 bits per heavy atom. The van der Waals surface area contributed by atoms with E-state index in [-0.39, 0.29) is 11.3 Å². The van der Waals surface area contributed by atoms with Crippen molar-refractivity contribution in [2.75, 3.05) is 0 Å². The van der Waals surface area contributed by atoms with E-state index >= 15 is 0 Å². The molecule has 0 saturated carbocycles. The van der Waals surface area contributed by atoms with Crippen molar-refractivity contribution in [2.45, 2.75) is 26.2 Å². The molecule has 0 heterocycles. The Kier molecular flexibility index (Phi) is 4.26. The highest BCUT2D eigenvalue weighted by Crippen LogP contribution is 2.21. The van der Waals surface area contributed by atoms with Crippen molar-refractivity contribution < 1.29 is 9.18 Å². The summed E-state index contributed by atoms with van der Waals surface area (Å²) in [5.74, 6) is -0.572. The van der Waals surface area contributed by atoms with Gasteiger partial charge in [-0.25, -0.2) is 4.39 Å². The molecule has 3 heteroatoms. The van der Waals surface area contributed by atoms with Crippen molar-refractivity contribution in [1.29, 1.82) is 0 Å². The second-order valence-corrected chi connectivity index (χ2v) is 3.98. The van der Waals surface area contributed by atoms with E-state index < -0.39 is 5.82 Å². The highest BCUT2D eigenvalue weighted by molar-refractivity contribution is 9.10. The largest absolute Gasteiger partial charge is 0.294 e. The molecule has 1 aromatic rings. The number of carbonyl (C=O) groups excluding carboxylic acids is 1. The van der Waals surface area contributed by atoms with Gasteiger partial charge >= 0.3 is 0 Å². The van der Waals surface area contributed by atoms with Gasteiger partial charge in [0.25, 0.3) is 0 Å². The summed E-state index contributed by atoms with van der Waals surface area (Å²) in [6, 6.07) is 4.57. The third-order valence-corrected chi connectivity index (χ3v) is 2.66. The predicted molar refractivity (Wildman–Crippen MR) is 58.0 cm³/mol. The molecule has 0 aliphatic carbocycles. The van der Waals surface area contributed by atoms with Gasteiger partial charge in [0, 0.05) is 10.9 Å². The molecule has 0 N–H and O–H groups in total. The van der Waals surface area contributed by atoms with E-state index in [0.29, 0.717) is 10.9 Å². The summed E-state index contributed by atoms with van der Waals surface area (Å²) in [7, 11) is 0. The molecule has 0 unspecified atom stereocenters. The Hall–Kier alpha value is -0.700. The fourth-order valence-corrected chi connectivity index (χ4v) is 1.79. The maximum absolute atomic E-state index is 13.3. The molecule has 0 atom stereocenters. The lowest BCUT2D eigenvalue weighted by atomic mass is 10.1. The van der Waals surface area contributed by atoms with Crippen molar-refractivity contribution >= 4 is 21.7 Å². The molecular weight excluding hydrogens is 247 g/mol. The highest BCUT2D eigenvalue weighted by Gasteiger charge is 2.14. The molecule has 0 bridgehead atoms. The lowest BCUT2D eigenvalue weighted by molar-refractivity contribution is 0.0975. The van der Waals surface area contributed by atoms with Crippen molar-refractivity contribution in [1.82, 2.24) is 0 Å². The van der Waals surface area contributed by atoms with Crippen LogP contribution in [0.4, 0.5) is 4.39 Å². The van der Waals surface area contributed by atoms with Crippen LogP contribution in [0.5, 0.6) is 0 Å². The van der Waals surface area contributed by atoms with Crippen LogP contribution in [0.15, 0.2) is 22.7 Å². The van der Waals surface area contributed by atoms with Gasteiger partial charge in [0.15, 0.2) is 5.78 Å². The molecule has 14 heavy (non-hydrogen) atoms. The van der Waals surface area contributed by atoms with Gasteiger partial charge in [0.2, 0.25) is 0 Å². The smallest absolute Gasteiger partial charge is 0.166 e. The Morgan fingerprint density at radius 1 is 1.50 bits per heavy atom. The van der Waals surface area contributed by atoms with Gasteiger partial charge in [-0.1, -0.05) is 19.4 Å². The minimum Gasteiger partial charge on any atom is -0.294 e. The number of halogens is 2. The number of hydrogen-bond donors (Lipinski definition) is 0. The van der Waals surface area contributed by atoms with Crippen molar-refractivity contribution in [3.63, 3.8) is 0 Å². The molecule has 0 radical (unpaired) electrons. The van der Waals surface area contributed by atoms with Crippen LogP contribution >= 0.6 is 15.9 Å². The molecule has 1 aromatic carbocycles. The van der Waals surface area contributed by atoms with E-state index in [1.807, 2.05) is 6.92 Å². The van der Waals surface area contributed by atoms with Crippen LogP contribution in [0.25, 0.3) is 0 Å². The number of Topliss-reactive ketones (excluding diaryl/α,β-unsaturated/α-hetero) is 1. The molecule has 1 nitrogen and oxygen atoms in total. The molecule has 0 aliphatic heterocycles. The normalized spacial score (nSPS) is 10.2. The summed E-state index contributed by atoms with van der Waals surface area (Å²) < 4.78 is 13.8. The summed E-state index contributed by atoms with van der Waals surface area (Å²) in [5, 5.41) is 0. The van der Waals surface area contributed by atoms with Gasteiger partial charge in [-0.3, -0.25) is 4.79 Å². The number of hydrogen-bond acceptors (Lipinski definition) is 1. The first-order valence-corrected chi connectivity index (χ1v) is 5.43. The fourth-order valence-electron chi connectivity index (χ4n) is 1.23. The Bertz CT molecular complexity index is 316. The zero-order valence-electron chi connectivity index (χ0n) is 8.02. The van der Waals surface area contributed by atoms with E-state index in [1.54, 1.807) is 12.1 Å². The van der Waals surface area contributed by atoms with Gasteiger partial charge < -0.3 is 0 Å². The lowest BCUT2D eigenvalue weighted by Gasteiger charge is -2.03. The number of unbranched alkanes of at least 4 members (excludes halogenated alkanes) is 1. The van der Waals surface area contributed by atoms with E-state index in [2.05, 4.69) is 15.9 Å². The summed E-state index contributed by atoms with van der Waals surface area (Å²) in [4.78, 5) is 11.6. The predicted octanol–water partition coefficient (Wildman–Crippen LogP) is 3.96. The van der Waals surface area contributed by atoms with Crippen molar-refractivity contribution in [2.24, 2.45) is 0 Å². The number of benzene rings is 1. The van der Waals surface area contributed by atoms with Crippen LogP contribution in [0.1, 0.15) is 36.5 Å². The average molecular weight is 259 g/mol. The van der Waals surface area contributed by atoms with E-state index in [0.717, 1.165) is 12.8 Å². The molecule has 76 valence electrons. The van der Waals surface area contributed by atoms with Crippen LogP contribution in [-0.4, -0.2) is 5.78 Å². The van der Waals surface area contributed by atoms with Gasteiger partial charge in [-0.15, -0.1) is 0 Å². The number of carbonyl (C=O) groups is 1. The number of rotatable bonds is 4. The van der Waals surface area contributed by atoms with Crippen LogP contribution in [0.3, 0.4) is 0 Å². The summed E-state index contributed by atoms with van der Waals surface area (Å²) in [6.07, 6.45) is 2.16. The third kappa shape index (κ3) is 2.64. The van der Waals surface area contributed by atoms with Crippen molar-refractivity contribution in [3.8, 4) is 0 Å². The maximum Gasteiger partial charge on any atom is 0.166 e. The lowest BCUT2D eigenvalue weighted by Crippen LogP contribution is -2.03. The fraction of sp³-hybridized carbons (Fsp3) is 0.364. The van der Waals surface area contributed by atoms with Gasteiger partial charge in [0.1, 0.15) is 5.82 Å².